The Bertz CT molecular complexity index is 1530. The molecule has 50 heavy (non-hydrogen) atoms. The van der Waals surface area contributed by atoms with Gasteiger partial charge in [-0.15, -0.1) is 0 Å². The lowest BCUT2D eigenvalue weighted by atomic mass is 9.32. The van der Waals surface area contributed by atoms with Crippen LogP contribution in [-0.4, -0.2) is 69.6 Å². The quantitative estimate of drug-likeness (QED) is 0.287. The average Bonchev–Trinajstić information content (AvgIpc) is 3.45. The van der Waals surface area contributed by atoms with Crippen LogP contribution >= 0.6 is 0 Å². The normalized spacial score (nSPS) is 43.7. The standard InChI is InChI=1S/C43H68N2O4S/c1-29(2)32-15-20-43(44-23-24-45-25-27-50(47,48)28-26-45)22-21-41(6)34(37(32)43)13-14-36-40(5)18-16-33(30-9-11-31(12-10-30)38(46)49-8)39(3,4)35(40)17-19-42(36,41)7/h9-12,29,32-37,44H,13-28H2,1-8H3. The monoisotopic (exact) mass is 708 g/mol. The van der Waals surface area contributed by atoms with Crippen LogP contribution in [0.15, 0.2) is 24.3 Å². The largest absolute Gasteiger partial charge is 0.465 e. The first-order chi connectivity index (χ1) is 23.5. The van der Waals surface area contributed by atoms with Gasteiger partial charge in [-0.3, -0.25) is 0 Å². The van der Waals surface area contributed by atoms with Crippen molar-refractivity contribution in [2.24, 2.45) is 57.2 Å². The number of sulfone groups is 1. The highest BCUT2D eigenvalue weighted by molar-refractivity contribution is 7.91. The van der Waals surface area contributed by atoms with E-state index in [4.69, 9.17) is 4.74 Å². The summed E-state index contributed by atoms with van der Waals surface area (Å²) in [6, 6.07) is 8.34. The first-order valence-electron chi connectivity index (χ1n) is 20.4. The number of ether oxygens (including phenoxy) is 1. The third-order valence-corrected chi connectivity index (χ3v) is 19.1. The number of nitrogens with zero attached hydrogens (tertiary/aromatic N) is 1. The summed E-state index contributed by atoms with van der Waals surface area (Å²) >= 11 is 0. The van der Waals surface area contributed by atoms with Crippen molar-refractivity contribution in [3.63, 3.8) is 0 Å². The van der Waals surface area contributed by atoms with Crippen LogP contribution in [0.4, 0.5) is 0 Å². The number of esters is 1. The number of carbonyl (C=O) groups excluding carboxylic acids is 1. The maximum Gasteiger partial charge on any atom is 0.337 e. The summed E-state index contributed by atoms with van der Waals surface area (Å²) in [5.74, 6) is 5.30. The van der Waals surface area contributed by atoms with Gasteiger partial charge in [-0.1, -0.05) is 60.6 Å². The Labute approximate surface area is 304 Å². The van der Waals surface area contributed by atoms with Gasteiger partial charge in [-0.05, 0) is 145 Å². The fourth-order valence-electron chi connectivity index (χ4n) is 14.7. The molecule has 280 valence electrons. The summed E-state index contributed by atoms with van der Waals surface area (Å²) in [6.45, 7) is 21.7. The molecule has 0 aromatic heterocycles. The number of carbonyl (C=O) groups is 1. The minimum absolute atomic E-state index is 0.192. The summed E-state index contributed by atoms with van der Waals surface area (Å²) in [6.07, 6.45) is 13.2. The predicted octanol–water partition coefficient (Wildman–Crippen LogP) is 8.37. The van der Waals surface area contributed by atoms with Gasteiger partial charge in [0.25, 0.3) is 0 Å². The molecule has 6 fully saturated rings. The highest BCUT2D eigenvalue weighted by Gasteiger charge is 2.71. The van der Waals surface area contributed by atoms with Gasteiger partial charge in [0, 0.05) is 31.7 Å². The molecule has 7 rings (SSSR count). The van der Waals surface area contributed by atoms with E-state index in [0.717, 1.165) is 36.8 Å². The Hall–Kier alpha value is -1.44. The smallest absolute Gasteiger partial charge is 0.337 e. The molecule has 0 bridgehead atoms. The van der Waals surface area contributed by atoms with E-state index in [2.05, 4.69) is 70.8 Å². The van der Waals surface area contributed by atoms with Gasteiger partial charge in [-0.2, -0.15) is 0 Å². The number of benzene rings is 1. The number of hydrogen-bond donors (Lipinski definition) is 1. The van der Waals surface area contributed by atoms with Gasteiger partial charge in [0.2, 0.25) is 0 Å². The van der Waals surface area contributed by atoms with Crippen LogP contribution in [0, 0.1) is 57.2 Å². The van der Waals surface area contributed by atoms with Crippen LogP contribution < -0.4 is 5.32 Å². The average molecular weight is 709 g/mol. The van der Waals surface area contributed by atoms with Crippen LogP contribution in [0.3, 0.4) is 0 Å². The molecule has 6 nitrogen and oxygen atoms in total. The first kappa shape index (κ1) is 36.9. The molecule has 1 aliphatic heterocycles. The molecule has 10 atom stereocenters. The molecule has 0 spiro atoms. The third kappa shape index (κ3) is 5.67. The Kier molecular flexibility index (Phi) is 9.49. The van der Waals surface area contributed by atoms with E-state index >= 15 is 0 Å². The minimum atomic E-state index is -2.84. The summed E-state index contributed by atoms with van der Waals surface area (Å²) in [5, 5.41) is 4.26. The minimum Gasteiger partial charge on any atom is -0.465 e. The first-order valence-corrected chi connectivity index (χ1v) is 22.2. The molecule has 10 unspecified atom stereocenters. The Morgan fingerprint density at radius 3 is 2.22 bits per heavy atom. The zero-order valence-corrected chi connectivity index (χ0v) is 33.5. The van der Waals surface area contributed by atoms with Crippen molar-refractivity contribution in [2.75, 3.05) is 44.8 Å². The van der Waals surface area contributed by atoms with E-state index in [1.165, 1.54) is 76.9 Å². The summed E-state index contributed by atoms with van der Waals surface area (Å²) < 4.78 is 29.1. The molecule has 1 heterocycles. The van der Waals surface area contributed by atoms with Crippen molar-refractivity contribution in [3.05, 3.63) is 35.4 Å². The Morgan fingerprint density at radius 1 is 0.860 bits per heavy atom. The van der Waals surface area contributed by atoms with Crippen molar-refractivity contribution < 1.29 is 17.9 Å². The predicted molar refractivity (Wildman–Crippen MR) is 203 cm³/mol. The lowest BCUT2D eigenvalue weighted by Gasteiger charge is -2.73. The molecule has 1 aromatic rings. The number of hydrogen-bond acceptors (Lipinski definition) is 6. The maximum atomic E-state index is 12.2. The molecule has 6 aliphatic rings. The Balaban J connectivity index is 1.12. The van der Waals surface area contributed by atoms with E-state index in [0.29, 0.717) is 64.2 Å². The lowest BCUT2D eigenvalue weighted by molar-refractivity contribution is -0.235. The summed E-state index contributed by atoms with van der Waals surface area (Å²) in [7, 11) is -1.39. The SMILES string of the molecule is COC(=O)c1ccc(C2CCC3(C)C(CCC4(C)C3CCC3C5C(C(C)C)CCC5(NCCN5CCS(=O)(=O)CC5)CCC34C)C2(C)C)cc1. The van der Waals surface area contributed by atoms with E-state index in [9.17, 15) is 13.2 Å². The maximum absolute atomic E-state index is 12.2. The second kappa shape index (κ2) is 12.9. The van der Waals surface area contributed by atoms with E-state index in [-0.39, 0.29) is 16.9 Å². The van der Waals surface area contributed by atoms with Gasteiger partial charge >= 0.3 is 5.97 Å². The molecular formula is C43H68N2O4S. The number of rotatable bonds is 7. The summed E-state index contributed by atoms with van der Waals surface area (Å²) in [5.41, 5.74) is 3.49. The van der Waals surface area contributed by atoms with Crippen molar-refractivity contribution in [2.45, 2.75) is 124 Å². The molecule has 1 saturated heterocycles. The topological polar surface area (TPSA) is 75.7 Å². The van der Waals surface area contributed by atoms with Gasteiger partial charge in [0.15, 0.2) is 9.84 Å². The fourth-order valence-corrected chi connectivity index (χ4v) is 16.0. The molecule has 5 saturated carbocycles. The molecule has 7 heteroatoms. The second-order valence-corrected chi connectivity index (χ2v) is 22.0. The third-order valence-electron chi connectivity index (χ3n) is 17.5. The fraction of sp³-hybridized carbons (Fsp3) is 0.837. The van der Waals surface area contributed by atoms with Gasteiger partial charge in [-0.25, -0.2) is 13.2 Å². The number of methoxy groups -OCH3 is 1. The molecule has 1 aromatic carbocycles. The van der Waals surface area contributed by atoms with Crippen LogP contribution in [0.2, 0.25) is 0 Å². The Morgan fingerprint density at radius 2 is 1.56 bits per heavy atom. The van der Waals surface area contributed by atoms with Crippen LogP contribution in [0.1, 0.15) is 135 Å². The van der Waals surface area contributed by atoms with Gasteiger partial charge in [0.05, 0.1) is 24.2 Å². The van der Waals surface area contributed by atoms with Crippen LogP contribution in [-0.2, 0) is 14.6 Å². The van der Waals surface area contributed by atoms with E-state index in [1.807, 2.05) is 12.1 Å². The molecule has 0 radical (unpaired) electrons. The molecule has 0 amide bonds. The van der Waals surface area contributed by atoms with Crippen molar-refractivity contribution in [1.29, 1.82) is 0 Å². The zero-order valence-electron chi connectivity index (χ0n) is 32.7. The highest BCUT2D eigenvalue weighted by Crippen LogP contribution is 2.77. The van der Waals surface area contributed by atoms with Crippen molar-refractivity contribution in [1.82, 2.24) is 10.2 Å². The zero-order chi connectivity index (χ0) is 35.9. The summed E-state index contributed by atoms with van der Waals surface area (Å²) in [4.78, 5) is 14.5. The van der Waals surface area contributed by atoms with Gasteiger partial charge in [0.1, 0.15) is 0 Å². The molecule has 1 N–H and O–H groups in total. The number of nitrogens with one attached hydrogen (secondary N) is 1. The van der Waals surface area contributed by atoms with Gasteiger partial charge < -0.3 is 15.0 Å². The molecule has 5 aliphatic carbocycles. The number of fused-ring (bicyclic) bond motifs is 7. The van der Waals surface area contributed by atoms with Crippen LogP contribution in [0.5, 0.6) is 0 Å². The van der Waals surface area contributed by atoms with E-state index < -0.39 is 9.84 Å². The van der Waals surface area contributed by atoms with Crippen molar-refractivity contribution in [3.8, 4) is 0 Å². The second-order valence-electron chi connectivity index (χ2n) is 19.7. The van der Waals surface area contributed by atoms with E-state index in [1.54, 1.807) is 0 Å². The van der Waals surface area contributed by atoms with Crippen molar-refractivity contribution >= 4 is 15.8 Å². The highest BCUT2D eigenvalue weighted by atomic mass is 32.2. The van der Waals surface area contributed by atoms with Crippen LogP contribution in [0.25, 0.3) is 0 Å². The molecular weight excluding hydrogens is 641 g/mol. The lowest BCUT2D eigenvalue weighted by Crippen LogP contribution is -2.68.